The lowest BCUT2D eigenvalue weighted by molar-refractivity contribution is -0.171. The monoisotopic (exact) mass is 157 g/mol. The van der Waals surface area contributed by atoms with Gasteiger partial charge in [-0.15, -0.1) is 0 Å². The van der Waals surface area contributed by atoms with E-state index in [0.717, 1.165) is 6.42 Å². The number of carbonyl (C=O) groups excluding carboxylic acids is 1. The minimum Gasteiger partial charge on any atom is -0.457 e. The highest BCUT2D eigenvalue weighted by atomic mass is 16.6. The van der Waals surface area contributed by atoms with Crippen molar-refractivity contribution in [3.63, 3.8) is 0 Å². The minimum absolute atomic E-state index is 0.0211. The van der Waals surface area contributed by atoms with Crippen LogP contribution in [0.15, 0.2) is 0 Å². The number of esters is 1. The van der Waals surface area contributed by atoms with E-state index in [2.05, 4.69) is 0 Å². The first-order valence-electron chi connectivity index (χ1n) is 3.91. The molecular weight excluding hydrogens is 144 g/mol. The molecule has 1 heterocycles. The zero-order chi connectivity index (χ0) is 8.10. The molecule has 0 N–H and O–H groups in total. The number of unbranched alkanes of at least 4 members (excludes halogenated alkanes) is 1. The fourth-order valence-corrected chi connectivity index (χ4v) is 0.778. The Hall–Kier alpha value is -0.570. The lowest BCUT2D eigenvalue weighted by atomic mass is 10.2. The third kappa shape index (κ3) is 2.89. The van der Waals surface area contributed by atoms with Crippen LogP contribution in [0.4, 0.5) is 0 Å². The number of hydrogen-bond acceptors (Lipinski definition) is 3. The molecule has 0 atom stereocenters. The molecule has 1 aliphatic heterocycles. The molecule has 0 unspecified atom stereocenters. The average molecular weight is 157 g/mol. The van der Waals surface area contributed by atoms with Gasteiger partial charge in [-0.3, -0.25) is 4.79 Å². The van der Waals surface area contributed by atoms with Gasteiger partial charge in [-0.05, 0) is 6.42 Å². The topological polar surface area (TPSA) is 35.5 Å². The SMILES string of the molecule is CC[CH]CC(=O)OC1COC1. The molecule has 0 bridgehead atoms. The summed E-state index contributed by atoms with van der Waals surface area (Å²) in [6, 6.07) is 0. The first-order valence-corrected chi connectivity index (χ1v) is 3.91. The van der Waals surface area contributed by atoms with Gasteiger partial charge in [-0.1, -0.05) is 13.3 Å². The molecular formula is C8H13O3. The summed E-state index contributed by atoms with van der Waals surface area (Å²) in [7, 11) is 0. The van der Waals surface area contributed by atoms with Crippen molar-refractivity contribution < 1.29 is 14.3 Å². The van der Waals surface area contributed by atoms with Crippen LogP contribution in [-0.4, -0.2) is 25.3 Å². The molecule has 0 aromatic heterocycles. The second kappa shape index (κ2) is 4.34. The van der Waals surface area contributed by atoms with Crippen molar-refractivity contribution in [3.05, 3.63) is 6.42 Å². The number of hydrogen-bond donors (Lipinski definition) is 0. The van der Waals surface area contributed by atoms with Crippen LogP contribution in [0.3, 0.4) is 0 Å². The summed E-state index contributed by atoms with van der Waals surface area (Å²) >= 11 is 0. The Bertz CT molecular complexity index is 129. The molecule has 3 heteroatoms. The van der Waals surface area contributed by atoms with Crippen molar-refractivity contribution in [1.82, 2.24) is 0 Å². The highest BCUT2D eigenvalue weighted by Gasteiger charge is 2.21. The Labute approximate surface area is 66.7 Å². The van der Waals surface area contributed by atoms with E-state index >= 15 is 0 Å². The standard InChI is InChI=1S/C8H13O3/c1-2-3-4-8(9)11-7-5-10-6-7/h3,7H,2,4-6H2,1H3. The molecule has 0 aromatic carbocycles. The number of ether oxygens (including phenoxy) is 2. The summed E-state index contributed by atoms with van der Waals surface area (Å²) in [4.78, 5) is 10.9. The molecule has 0 aromatic rings. The largest absolute Gasteiger partial charge is 0.457 e. The fourth-order valence-electron chi connectivity index (χ4n) is 0.778. The molecule has 0 aliphatic carbocycles. The second-order valence-electron chi connectivity index (χ2n) is 2.55. The van der Waals surface area contributed by atoms with Crippen molar-refractivity contribution in [2.75, 3.05) is 13.2 Å². The zero-order valence-corrected chi connectivity index (χ0v) is 6.71. The average Bonchev–Trinajstić information content (AvgIpc) is 1.93. The molecule has 11 heavy (non-hydrogen) atoms. The van der Waals surface area contributed by atoms with Crippen molar-refractivity contribution in [3.8, 4) is 0 Å². The number of carbonyl (C=O) groups is 1. The smallest absolute Gasteiger partial charge is 0.306 e. The Morgan fingerprint density at radius 3 is 2.91 bits per heavy atom. The summed E-state index contributed by atoms with van der Waals surface area (Å²) in [6.45, 7) is 3.13. The third-order valence-electron chi connectivity index (χ3n) is 1.51. The van der Waals surface area contributed by atoms with E-state index in [1.807, 2.05) is 13.3 Å². The van der Waals surface area contributed by atoms with E-state index in [0.29, 0.717) is 19.6 Å². The Balaban J connectivity index is 2.00. The van der Waals surface area contributed by atoms with Gasteiger partial charge in [-0.25, -0.2) is 0 Å². The molecule has 3 nitrogen and oxygen atoms in total. The van der Waals surface area contributed by atoms with Gasteiger partial charge >= 0.3 is 5.97 Å². The predicted octanol–water partition coefficient (Wildman–Crippen LogP) is 0.933. The number of rotatable bonds is 4. The van der Waals surface area contributed by atoms with Crippen LogP contribution >= 0.6 is 0 Å². The summed E-state index contributed by atoms with van der Waals surface area (Å²) in [5.41, 5.74) is 0. The maximum Gasteiger partial charge on any atom is 0.306 e. The van der Waals surface area contributed by atoms with Crippen molar-refractivity contribution >= 4 is 5.97 Å². The van der Waals surface area contributed by atoms with E-state index in [1.165, 1.54) is 0 Å². The van der Waals surface area contributed by atoms with E-state index in [4.69, 9.17) is 9.47 Å². The first-order chi connectivity index (χ1) is 5.33. The van der Waals surface area contributed by atoms with Crippen molar-refractivity contribution in [2.24, 2.45) is 0 Å². The predicted molar refractivity (Wildman–Crippen MR) is 39.9 cm³/mol. The molecule has 0 spiro atoms. The van der Waals surface area contributed by atoms with Gasteiger partial charge in [0.15, 0.2) is 0 Å². The second-order valence-corrected chi connectivity index (χ2v) is 2.55. The fraction of sp³-hybridized carbons (Fsp3) is 0.750. The van der Waals surface area contributed by atoms with Gasteiger partial charge in [0.1, 0.15) is 6.10 Å². The van der Waals surface area contributed by atoms with Gasteiger partial charge in [0, 0.05) is 6.42 Å². The van der Waals surface area contributed by atoms with Gasteiger partial charge in [0.05, 0.1) is 13.2 Å². The van der Waals surface area contributed by atoms with Crippen LogP contribution in [0.2, 0.25) is 0 Å². The third-order valence-corrected chi connectivity index (χ3v) is 1.51. The van der Waals surface area contributed by atoms with Crippen LogP contribution in [0, 0.1) is 6.42 Å². The maximum atomic E-state index is 10.9. The lowest BCUT2D eigenvalue weighted by Gasteiger charge is -2.25. The summed E-state index contributed by atoms with van der Waals surface area (Å²) in [5, 5.41) is 0. The van der Waals surface area contributed by atoms with Gasteiger partial charge in [0.2, 0.25) is 0 Å². The summed E-state index contributed by atoms with van der Waals surface area (Å²) in [6.07, 6.45) is 3.26. The van der Waals surface area contributed by atoms with Crippen LogP contribution in [0.5, 0.6) is 0 Å². The molecule has 1 saturated heterocycles. The van der Waals surface area contributed by atoms with Gasteiger partial charge < -0.3 is 9.47 Å². The van der Waals surface area contributed by atoms with Crippen molar-refractivity contribution in [1.29, 1.82) is 0 Å². The minimum atomic E-state index is -0.139. The summed E-state index contributed by atoms with van der Waals surface area (Å²) in [5.74, 6) is -0.139. The van der Waals surface area contributed by atoms with Crippen molar-refractivity contribution in [2.45, 2.75) is 25.9 Å². The highest BCUT2D eigenvalue weighted by Crippen LogP contribution is 2.07. The first kappa shape index (κ1) is 8.53. The van der Waals surface area contributed by atoms with Crippen LogP contribution in [0.25, 0.3) is 0 Å². The lowest BCUT2D eigenvalue weighted by Crippen LogP contribution is -2.37. The van der Waals surface area contributed by atoms with E-state index in [-0.39, 0.29) is 12.1 Å². The van der Waals surface area contributed by atoms with Crippen LogP contribution in [-0.2, 0) is 14.3 Å². The quantitative estimate of drug-likeness (QED) is 0.569. The molecule has 63 valence electrons. The van der Waals surface area contributed by atoms with Gasteiger partial charge in [-0.2, -0.15) is 0 Å². The van der Waals surface area contributed by atoms with E-state index < -0.39 is 0 Å². The molecule has 1 rings (SSSR count). The van der Waals surface area contributed by atoms with E-state index in [9.17, 15) is 4.79 Å². The highest BCUT2D eigenvalue weighted by molar-refractivity contribution is 5.70. The maximum absolute atomic E-state index is 10.9. The van der Waals surface area contributed by atoms with Gasteiger partial charge in [0.25, 0.3) is 0 Å². The molecule has 1 radical (unpaired) electrons. The summed E-state index contributed by atoms with van der Waals surface area (Å²) < 4.78 is 9.85. The molecule has 0 saturated carbocycles. The van der Waals surface area contributed by atoms with Crippen LogP contribution < -0.4 is 0 Å². The van der Waals surface area contributed by atoms with Crippen LogP contribution in [0.1, 0.15) is 19.8 Å². The molecule has 0 amide bonds. The zero-order valence-electron chi connectivity index (χ0n) is 6.71. The van der Waals surface area contributed by atoms with E-state index in [1.54, 1.807) is 0 Å². The molecule has 1 aliphatic rings. The Morgan fingerprint density at radius 2 is 2.45 bits per heavy atom. The Kier molecular flexibility index (Phi) is 3.36. The molecule has 1 fully saturated rings. The normalized spacial score (nSPS) is 17.5. The Morgan fingerprint density at radius 1 is 1.73 bits per heavy atom.